The lowest BCUT2D eigenvalue weighted by molar-refractivity contribution is 0.490. The van der Waals surface area contributed by atoms with Crippen molar-refractivity contribution in [3.63, 3.8) is 0 Å². The average molecular weight is 719 g/mol. The molecule has 244 valence electrons. The summed E-state index contributed by atoms with van der Waals surface area (Å²) in [4.78, 5) is 0. The topological polar surface area (TPSA) is 4.93 Å². The highest BCUT2D eigenvalue weighted by molar-refractivity contribution is 9.10. The lowest BCUT2D eigenvalue weighted by atomic mass is 9.74. The number of rotatable bonds is 5. The largest absolute Gasteiger partial charge is 0.309 e. The molecule has 0 N–H and O–H groups in total. The van der Waals surface area contributed by atoms with Gasteiger partial charge in [0.25, 0.3) is 0 Å². The first-order valence-corrected chi connectivity index (χ1v) is 18.9. The lowest BCUT2D eigenvalue weighted by Crippen LogP contribution is -2.23. The minimum absolute atomic E-state index is 0.0215. The van der Waals surface area contributed by atoms with Crippen molar-refractivity contribution in [2.24, 2.45) is 0 Å². The van der Waals surface area contributed by atoms with Gasteiger partial charge < -0.3 is 4.57 Å². The summed E-state index contributed by atoms with van der Waals surface area (Å²) >= 11 is 3.79. The normalized spacial score (nSPS) is 13.3. The third-order valence-electron chi connectivity index (χ3n) is 11.7. The number of hydrogen-bond donors (Lipinski definition) is 0. The molecule has 51 heavy (non-hydrogen) atoms. The Morgan fingerprint density at radius 2 is 0.961 bits per heavy atom. The van der Waals surface area contributed by atoms with Crippen LogP contribution < -0.4 is 0 Å². The van der Waals surface area contributed by atoms with Crippen molar-refractivity contribution in [2.75, 3.05) is 0 Å². The molecule has 0 amide bonds. The summed E-state index contributed by atoms with van der Waals surface area (Å²) in [7, 11) is 0. The molecule has 1 aromatic heterocycles. The fourth-order valence-corrected chi connectivity index (χ4v) is 9.56. The predicted molar refractivity (Wildman–Crippen MR) is 221 cm³/mol. The lowest BCUT2D eigenvalue weighted by Gasteiger charge is -2.30. The Bertz CT molecular complexity index is 2700. The first kappa shape index (κ1) is 30.4. The van der Waals surface area contributed by atoms with Crippen LogP contribution in [-0.4, -0.2) is 4.57 Å². The van der Waals surface area contributed by atoms with Crippen LogP contribution >= 0.6 is 15.9 Å². The summed E-state index contributed by atoms with van der Waals surface area (Å²) in [6, 6.07) is 58.9. The molecule has 1 aliphatic rings. The van der Waals surface area contributed by atoms with Crippen LogP contribution in [0, 0.1) is 0 Å². The highest BCUT2D eigenvalue weighted by atomic mass is 79.9. The molecule has 1 nitrogen and oxygen atoms in total. The summed E-state index contributed by atoms with van der Waals surface area (Å²) in [6.45, 7) is 4.69. The summed E-state index contributed by atoms with van der Waals surface area (Å²) in [5.74, 6) is 0. The van der Waals surface area contributed by atoms with Gasteiger partial charge in [-0.25, -0.2) is 0 Å². The minimum atomic E-state index is -0.0215. The van der Waals surface area contributed by atoms with Crippen LogP contribution in [0.4, 0.5) is 0 Å². The van der Waals surface area contributed by atoms with Gasteiger partial charge in [-0.1, -0.05) is 139 Å². The van der Waals surface area contributed by atoms with E-state index in [0.29, 0.717) is 0 Å². The predicted octanol–water partition coefficient (Wildman–Crippen LogP) is 14.3. The molecule has 0 aliphatic heterocycles. The number of aromatic nitrogens is 1. The van der Waals surface area contributed by atoms with Crippen LogP contribution in [-0.2, 0) is 5.41 Å². The van der Waals surface area contributed by atoms with E-state index in [2.05, 4.69) is 192 Å². The van der Waals surface area contributed by atoms with E-state index in [4.69, 9.17) is 0 Å². The van der Waals surface area contributed by atoms with Gasteiger partial charge in [0.2, 0.25) is 0 Å². The zero-order chi connectivity index (χ0) is 34.3. The quantitative estimate of drug-likeness (QED) is 0.167. The molecule has 0 spiro atoms. The first-order chi connectivity index (χ1) is 25.1. The van der Waals surface area contributed by atoms with E-state index in [1.54, 1.807) is 0 Å². The maximum Gasteiger partial charge on any atom is 0.0541 e. The number of benzene rings is 8. The van der Waals surface area contributed by atoms with E-state index in [-0.39, 0.29) is 5.41 Å². The molecular weight excluding hydrogens is 682 g/mol. The van der Waals surface area contributed by atoms with Gasteiger partial charge in [0, 0.05) is 26.3 Å². The van der Waals surface area contributed by atoms with Crippen LogP contribution in [0.5, 0.6) is 0 Å². The number of nitrogens with zero attached hydrogens (tertiary/aromatic N) is 1. The van der Waals surface area contributed by atoms with Crippen molar-refractivity contribution in [1.29, 1.82) is 0 Å². The van der Waals surface area contributed by atoms with Crippen molar-refractivity contribution >= 4 is 59.3 Å². The molecule has 0 fully saturated rings. The van der Waals surface area contributed by atoms with Gasteiger partial charge in [0.1, 0.15) is 0 Å². The molecular formula is C49H36BrN. The Kier molecular flexibility index (Phi) is 6.88. The second-order valence-corrected chi connectivity index (χ2v) is 15.0. The summed E-state index contributed by atoms with van der Waals surface area (Å²) < 4.78 is 3.65. The van der Waals surface area contributed by atoms with Gasteiger partial charge in [-0.2, -0.15) is 0 Å². The van der Waals surface area contributed by atoms with Crippen molar-refractivity contribution in [2.45, 2.75) is 32.1 Å². The number of halogens is 1. The summed E-state index contributed by atoms with van der Waals surface area (Å²) in [5.41, 5.74) is 14.2. The molecule has 0 unspecified atom stereocenters. The van der Waals surface area contributed by atoms with Crippen LogP contribution in [0.1, 0.15) is 37.8 Å². The van der Waals surface area contributed by atoms with Gasteiger partial charge in [0.15, 0.2) is 0 Å². The zero-order valence-electron chi connectivity index (χ0n) is 28.8. The Hall–Kier alpha value is -5.44. The molecule has 0 saturated carbocycles. The van der Waals surface area contributed by atoms with Crippen LogP contribution in [0.2, 0.25) is 0 Å². The Balaban J connectivity index is 1.24. The number of fused-ring (bicyclic) bond motifs is 8. The van der Waals surface area contributed by atoms with Gasteiger partial charge in [-0.3, -0.25) is 0 Å². The molecule has 9 aromatic rings. The highest BCUT2D eigenvalue weighted by Gasteiger charge is 2.41. The van der Waals surface area contributed by atoms with E-state index in [1.807, 2.05) is 0 Å². The van der Waals surface area contributed by atoms with Crippen LogP contribution in [0.25, 0.3) is 82.4 Å². The fraction of sp³-hybridized carbons (Fsp3) is 0.102. The van der Waals surface area contributed by atoms with Gasteiger partial charge in [0.05, 0.1) is 11.0 Å². The van der Waals surface area contributed by atoms with Gasteiger partial charge in [-0.15, -0.1) is 0 Å². The molecule has 0 radical (unpaired) electrons. The molecule has 1 aliphatic carbocycles. The summed E-state index contributed by atoms with van der Waals surface area (Å²) in [5, 5.41) is 7.61. The van der Waals surface area contributed by atoms with Crippen LogP contribution in [0.15, 0.2) is 162 Å². The smallest absolute Gasteiger partial charge is 0.0541 e. The third-order valence-corrected chi connectivity index (χ3v) is 12.2. The van der Waals surface area contributed by atoms with Crippen molar-refractivity contribution in [3.8, 4) is 39.1 Å². The third kappa shape index (κ3) is 4.46. The monoisotopic (exact) mass is 717 g/mol. The number of hydrogen-bond acceptors (Lipinski definition) is 0. The van der Waals surface area contributed by atoms with E-state index >= 15 is 0 Å². The Morgan fingerprint density at radius 1 is 0.451 bits per heavy atom. The Labute approximate surface area is 306 Å². The minimum Gasteiger partial charge on any atom is -0.309 e. The second-order valence-electron chi connectivity index (χ2n) is 14.1. The second kappa shape index (κ2) is 11.5. The molecule has 0 saturated heterocycles. The highest BCUT2D eigenvalue weighted by Crippen LogP contribution is 2.54. The SMILES string of the molecule is CCC1(CC)c2cc(Br)ccc2-c2ccc(-n3c4ccc(-c5cccc6ccccc56)cc4c4cc(-c5cccc6ccccc56)ccc43)cc21. The van der Waals surface area contributed by atoms with E-state index in [1.165, 1.54) is 93.5 Å². The zero-order valence-corrected chi connectivity index (χ0v) is 30.3. The first-order valence-electron chi connectivity index (χ1n) is 18.1. The van der Waals surface area contributed by atoms with Crippen molar-refractivity contribution in [1.82, 2.24) is 4.57 Å². The molecule has 1 heterocycles. The Morgan fingerprint density at radius 3 is 1.53 bits per heavy atom. The fourth-order valence-electron chi connectivity index (χ4n) is 9.20. The van der Waals surface area contributed by atoms with E-state index < -0.39 is 0 Å². The summed E-state index contributed by atoms with van der Waals surface area (Å²) in [6.07, 6.45) is 2.11. The molecule has 2 heteroatoms. The molecule has 8 aromatic carbocycles. The standard InChI is InChI=1S/C49H36BrN/c1-3-49(4-2)45-29-35(50)21-23-41(45)42-24-22-36(30-46(42)49)51-47-25-19-33(39-17-9-13-31-11-5-7-15-37(31)39)27-43(47)44-28-34(20-26-48(44)51)40-18-10-14-32-12-6-8-16-38(32)40/h5-30H,3-4H2,1-2H3. The molecule has 0 atom stereocenters. The van der Waals surface area contributed by atoms with Crippen LogP contribution in [0.3, 0.4) is 0 Å². The maximum absolute atomic E-state index is 3.79. The van der Waals surface area contributed by atoms with Gasteiger partial charge >= 0.3 is 0 Å². The maximum atomic E-state index is 3.79. The molecule has 0 bridgehead atoms. The van der Waals surface area contributed by atoms with E-state index in [0.717, 1.165) is 17.3 Å². The van der Waals surface area contributed by atoms with Crippen molar-refractivity contribution < 1.29 is 0 Å². The van der Waals surface area contributed by atoms with E-state index in [9.17, 15) is 0 Å². The molecule has 10 rings (SSSR count). The van der Waals surface area contributed by atoms with Gasteiger partial charge in [-0.05, 0) is 127 Å². The van der Waals surface area contributed by atoms with Crippen molar-refractivity contribution in [3.05, 3.63) is 173 Å². The average Bonchev–Trinajstić information content (AvgIpc) is 3.65.